The molecule has 4 aromatic rings. The molecular formula is C55H70N4O11. The Labute approximate surface area is 412 Å². The zero-order valence-corrected chi connectivity index (χ0v) is 41.2. The summed E-state index contributed by atoms with van der Waals surface area (Å²) in [6.07, 6.45) is 0.818. The Morgan fingerprint density at radius 3 is 1.93 bits per heavy atom. The standard InChI is InChI=1S/C55H70N4O11/c1-38(2)49(51(61)70-55(3,4)5)58-50(60)47(57-53(63)67-37-46-44-26-14-12-24-42(44)43-25-13-15-27-45(43)46)28-16-18-32-59(54(64)68-36-40-22-10-7-11-23-40)34-41(69-48-29-17-19-33-65-48)30-31-56-52(62)66-35-39-20-8-6-9-21-39/h6-15,20-27,38,41,46-49H,16-19,28-37H2,1-5H3,(H,56,62)(H,57,63)(H,58,60)/t41-,47+,48?,49+/m1/s1. The smallest absolute Gasteiger partial charge is 0.410 e. The van der Waals surface area contributed by atoms with Crippen LogP contribution in [-0.4, -0.2) is 98.0 Å². The molecule has 0 radical (unpaired) electrons. The monoisotopic (exact) mass is 963 g/mol. The largest absolute Gasteiger partial charge is 0.458 e. The third kappa shape index (κ3) is 16.6. The molecule has 4 amide bonds. The fourth-order valence-electron chi connectivity index (χ4n) is 8.48. The Hall–Kier alpha value is -6.45. The molecule has 1 heterocycles. The topological polar surface area (TPSA) is 180 Å². The van der Waals surface area contributed by atoms with E-state index in [0.29, 0.717) is 32.3 Å². The third-order valence-corrected chi connectivity index (χ3v) is 12.1. The van der Waals surface area contributed by atoms with Gasteiger partial charge < -0.3 is 49.3 Å². The predicted molar refractivity (Wildman–Crippen MR) is 264 cm³/mol. The maximum Gasteiger partial charge on any atom is 0.410 e. The molecule has 0 saturated carbocycles. The number of rotatable bonds is 23. The van der Waals surface area contributed by atoms with Gasteiger partial charge in [-0.15, -0.1) is 0 Å². The molecule has 3 N–H and O–H groups in total. The summed E-state index contributed by atoms with van der Waals surface area (Å²) < 4.78 is 35.1. The number of esters is 1. The second-order valence-electron chi connectivity index (χ2n) is 19.1. The fourth-order valence-corrected chi connectivity index (χ4v) is 8.48. The van der Waals surface area contributed by atoms with Crippen LogP contribution in [0.3, 0.4) is 0 Å². The van der Waals surface area contributed by atoms with Gasteiger partial charge in [-0.2, -0.15) is 0 Å². The van der Waals surface area contributed by atoms with Crippen molar-refractivity contribution < 1.29 is 52.4 Å². The van der Waals surface area contributed by atoms with Crippen LogP contribution < -0.4 is 16.0 Å². The van der Waals surface area contributed by atoms with E-state index in [1.54, 1.807) is 39.5 Å². The molecule has 0 aromatic heterocycles. The highest BCUT2D eigenvalue weighted by molar-refractivity contribution is 5.90. The van der Waals surface area contributed by atoms with Gasteiger partial charge in [0, 0.05) is 25.6 Å². The van der Waals surface area contributed by atoms with Crippen molar-refractivity contribution in [2.45, 2.75) is 129 Å². The van der Waals surface area contributed by atoms with E-state index < -0.39 is 60.2 Å². The van der Waals surface area contributed by atoms with Crippen LogP contribution in [0.15, 0.2) is 109 Å². The molecule has 6 rings (SSSR count). The van der Waals surface area contributed by atoms with Crippen LogP contribution >= 0.6 is 0 Å². The highest BCUT2D eigenvalue weighted by atomic mass is 16.7. The molecule has 2 aliphatic rings. The van der Waals surface area contributed by atoms with Gasteiger partial charge in [0.2, 0.25) is 5.91 Å². The molecule has 1 aliphatic carbocycles. The summed E-state index contributed by atoms with van der Waals surface area (Å²) in [4.78, 5) is 69.4. The molecule has 1 aliphatic heterocycles. The molecule has 376 valence electrons. The van der Waals surface area contributed by atoms with Gasteiger partial charge in [-0.05, 0) is 105 Å². The molecule has 1 fully saturated rings. The first-order valence-electron chi connectivity index (χ1n) is 24.6. The van der Waals surface area contributed by atoms with E-state index in [9.17, 15) is 24.0 Å². The Balaban J connectivity index is 1.13. The van der Waals surface area contributed by atoms with Gasteiger partial charge in [-0.25, -0.2) is 19.2 Å². The first-order chi connectivity index (χ1) is 33.7. The lowest BCUT2D eigenvalue weighted by atomic mass is 9.98. The highest BCUT2D eigenvalue weighted by Crippen LogP contribution is 2.44. The number of alkyl carbamates (subject to hydrolysis) is 2. The quantitative estimate of drug-likeness (QED) is 0.0366. The lowest BCUT2D eigenvalue weighted by molar-refractivity contribution is -0.191. The normalized spacial score (nSPS) is 15.6. The average Bonchev–Trinajstić information content (AvgIpc) is 3.67. The van der Waals surface area contributed by atoms with Gasteiger partial charge in [0.25, 0.3) is 0 Å². The van der Waals surface area contributed by atoms with Crippen LogP contribution in [0.4, 0.5) is 14.4 Å². The molecule has 4 atom stereocenters. The Bertz CT molecular complexity index is 2250. The van der Waals surface area contributed by atoms with Crippen molar-refractivity contribution in [2.75, 3.05) is 32.8 Å². The SMILES string of the molecule is CC(C)[C@H](NC(=O)[C@H](CCCCN(C[C@@H](CCNC(=O)OCc1ccccc1)OC1CCCCO1)C(=O)OCc1ccccc1)NC(=O)OCC1c2ccccc2-c2ccccc21)C(=O)OC(C)(C)C. The van der Waals surface area contributed by atoms with Gasteiger partial charge in [-0.3, -0.25) is 4.79 Å². The summed E-state index contributed by atoms with van der Waals surface area (Å²) in [6, 6.07) is 32.7. The number of hydrogen-bond acceptors (Lipinski definition) is 11. The zero-order valence-electron chi connectivity index (χ0n) is 41.2. The molecule has 4 aromatic carbocycles. The van der Waals surface area contributed by atoms with E-state index in [2.05, 4.69) is 28.1 Å². The van der Waals surface area contributed by atoms with Gasteiger partial charge in [0.15, 0.2) is 6.29 Å². The third-order valence-electron chi connectivity index (χ3n) is 12.1. The molecule has 70 heavy (non-hydrogen) atoms. The molecule has 0 spiro atoms. The fraction of sp³-hybridized carbons (Fsp3) is 0.473. The van der Waals surface area contributed by atoms with Crippen molar-refractivity contribution in [3.05, 3.63) is 131 Å². The number of benzene rings is 4. The summed E-state index contributed by atoms with van der Waals surface area (Å²) in [7, 11) is 0. The van der Waals surface area contributed by atoms with Crippen LogP contribution in [0.1, 0.15) is 108 Å². The summed E-state index contributed by atoms with van der Waals surface area (Å²) in [5, 5.41) is 8.43. The number of unbranched alkanes of at least 4 members (excludes halogenated alkanes) is 1. The Kier molecular flexibility index (Phi) is 20.0. The molecule has 1 unspecified atom stereocenters. The van der Waals surface area contributed by atoms with Crippen LogP contribution in [-0.2, 0) is 51.2 Å². The molecule has 15 nitrogen and oxygen atoms in total. The molecule has 1 saturated heterocycles. The number of carbonyl (C=O) groups is 5. The summed E-state index contributed by atoms with van der Waals surface area (Å²) in [5.74, 6) is -1.69. The van der Waals surface area contributed by atoms with Crippen molar-refractivity contribution in [1.82, 2.24) is 20.9 Å². The number of nitrogens with one attached hydrogen (secondary N) is 3. The molecular weight excluding hydrogens is 893 g/mol. The number of hydrogen-bond donors (Lipinski definition) is 3. The second-order valence-corrected chi connectivity index (χ2v) is 19.1. The number of amides is 4. The van der Waals surface area contributed by atoms with Crippen LogP contribution in [0.25, 0.3) is 11.1 Å². The van der Waals surface area contributed by atoms with Crippen molar-refractivity contribution in [3.63, 3.8) is 0 Å². The summed E-state index contributed by atoms with van der Waals surface area (Å²) in [6.45, 7) is 10.2. The van der Waals surface area contributed by atoms with Crippen LogP contribution in [0, 0.1) is 5.92 Å². The predicted octanol–water partition coefficient (Wildman–Crippen LogP) is 9.41. The average molecular weight is 963 g/mol. The second kappa shape index (κ2) is 26.5. The van der Waals surface area contributed by atoms with E-state index in [1.165, 1.54) is 0 Å². The van der Waals surface area contributed by atoms with Gasteiger partial charge in [0.1, 0.15) is 37.5 Å². The van der Waals surface area contributed by atoms with E-state index in [-0.39, 0.29) is 57.7 Å². The maximum absolute atomic E-state index is 14.2. The van der Waals surface area contributed by atoms with Gasteiger partial charge >= 0.3 is 24.2 Å². The van der Waals surface area contributed by atoms with Gasteiger partial charge in [-0.1, -0.05) is 123 Å². The van der Waals surface area contributed by atoms with E-state index >= 15 is 0 Å². The Morgan fingerprint density at radius 2 is 1.33 bits per heavy atom. The number of carbonyl (C=O) groups excluding carboxylic acids is 5. The van der Waals surface area contributed by atoms with E-state index in [0.717, 1.165) is 46.2 Å². The van der Waals surface area contributed by atoms with Gasteiger partial charge in [0.05, 0.1) is 12.6 Å². The highest BCUT2D eigenvalue weighted by Gasteiger charge is 2.34. The lowest BCUT2D eigenvalue weighted by Crippen LogP contribution is -2.54. The first kappa shape index (κ1) is 52.9. The molecule has 15 heteroatoms. The minimum Gasteiger partial charge on any atom is -0.458 e. The summed E-state index contributed by atoms with van der Waals surface area (Å²) >= 11 is 0. The number of nitrogens with zero attached hydrogens (tertiary/aromatic N) is 1. The maximum atomic E-state index is 14.2. The van der Waals surface area contributed by atoms with E-state index in [4.69, 9.17) is 28.4 Å². The first-order valence-corrected chi connectivity index (χ1v) is 24.6. The van der Waals surface area contributed by atoms with Crippen molar-refractivity contribution >= 4 is 30.2 Å². The number of ether oxygens (including phenoxy) is 6. The summed E-state index contributed by atoms with van der Waals surface area (Å²) in [5.41, 5.74) is 5.15. The lowest BCUT2D eigenvalue weighted by Gasteiger charge is -2.31. The van der Waals surface area contributed by atoms with Crippen molar-refractivity contribution in [2.24, 2.45) is 5.92 Å². The molecule has 0 bridgehead atoms. The minimum atomic E-state index is -1.11. The van der Waals surface area contributed by atoms with Crippen molar-refractivity contribution in [3.8, 4) is 11.1 Å². The number of fused-ring (bicyclic) bond motifs is 3. The van der Waals surface area contributed by atoms with E-state index in [1.807, 2.05) is 97.1 Å². The van der Waals surface area contributed by atoms with Crippen LogP contribution in [0.5, 0.6) is 0 Å². The Morgan fingerprint density at radius 1 is 0.714 bits per heavy atom. The zero-order chi connectivity index (χ0) is 49.9. The van der Waals surface area contributed by atoms with Crippen LogP contribution in [0.2, 0.25) is 0 Å². The minimum absolute atomic E-state index is 0.0420. The van der Waals surface area contributed by atoms with Crippen molar-refractivity contribution in [1.29, 1.82) is 0 Å².